The molecule has 3 aromatic rings. The van der Waals surface area contributed by atoms with Crippen molar-refractivity contribution in [2.75, 3.05) is 10.6 Å². The van der Waals surface area contributed by atoms with Crippen molar-refractivity contribution in [3.05, 3.63) is 75.5 Å². The number of benzene rings is 2. The van der Waals surface area contributed by atoms with E-state index in [1.54, 1.807) is 30.3 Å². The molecule has 0 atom stereocenters. The van der Waals surface area contributed by atoms with Crippen LogP contribution in [0.15, 0.2) is 54.7 Å². The zero-order chi connectivity index (χ0) is 17.8. The molecule has 0 bridgehead atoms. The van der Waals surface area contributed by atoms with E-state index in [-0.39, 0.29) is 11.6 Å². The lowest BCUT2D eigenvalue weighted by Crippen LogP contribution is -2.14. The van der Waals surface area contributed by atoms with Gasteiger partial charge in [0.05, 0.1) is 20.8 Å². The third kappa shape index (κ3) is 4.39. The van der Waals surface area contributed by atoms with E-state index in [0.29, 0.717) is 26.4 Å². The molecule has 0 aliphatic carbocycles. The highest BCUT2D eigenvalue weighted by Crippen LogP contribution is 2.25. The number of para-hydroxylation sites is 1. The number of halogens is 3. The summed E-state index contributed by atoms with van der Waals surface area (Å²) >= 11 is 17.9. The number of nitrogens with one attached hydrogen (secondary N) is 2. The predicted molar refractivity (Wildman–Crippen MR) is 101 cm³/mol. The van der Waals surface area contributed by atoms with Crippen LogP contribution in [0.1, 0.15) is 10.5 Å². The van der Waals surface area contributed by atoms with Gasteiger partial charge in [0.2, 0.25) is 5.95 Å². The van der Waals surface area contributed by atoms with Crippen molar-refractivity contribution in [1.29, 1.82) is 0 Å². The first kappa shape index (κ1) is 17.5. The van der Waals surface area contributed by atoms with Crippen LogP contribution < -0.4 is 10.6 Å². The standard InChI is InChI=1S/C17H11Cl3N4O/c18-11-6-5-10(9-13(11)20)22-16(25)15-7-8-21-17(24-15)23-14-4-2-1-3-12(14)19/h1-9H,(H,22,25)(H,21,23,24). The molecule has 1 aromatic heterocycles. The number of anilines is 3. The Labute approximate surface area is 159 Å². The smallest absolute Gasteiger partial charge is 0.274 e. The Bertz CT molecular complexity index is 933. The number of rotatable bonds is 4. The Morgan fingerprint density at radius 3 is 2.48 bits per heavy atom. The summed E-state index contributed by atoms with van der Waals surface area (Å²) in [6.45, 7) is 0. The zero-order valence-corrected chi connectivity index (χ0v) is 14.9. The summed E-state index contributed by atoms with van der Waals surface area (Å²) in [5, 5.41) is 6.96. The number of aromatic nitrogens is 2. The first-order valence-electron chi connectivity index (χ1n) is 7.14. The lowest BCUT2D eigenvalue weighted by molar-refractivity contribution is 0.102. The molecule has 3 rings (SSSR count). The number of carbonyl (C=O) groups is 1. The lowest BCUT2D eigenvalue weighted by Gasteiger charge is -2.09. The number of amides is 1. The number of hydrogen-bond acceptors (Lipinski definition) is 4. The fourth-order valence-corrected chi connectivity index (χ4v) is 2.48. The molecule has 0 radical (unpaired) electrons. The highest BCUT2D eigenvalue weighted by molar-refractivity contribution is 6.42. The van der Waals surface area contributed by atoms with Crippen LogP contribution in [0.2, 0.25) is 15.1 Å². The van der Waals surface area contributed by atoms with Gasteiger partial charge in [-0.15, -0.1) is 0 Å². The van der Waals surface area contributed by atoms with Crippen molar-refractivity contribution in [3.8, 4) is 0 Å². The molecule has 0 saturated heterocycles. The molecule has 0 fully saturated rings. The van der Waals surface area contributed by atoms with Gasteiger partial charge in [-0.1, -0.05) is 46.9 Å². The maximum absolute atomic E-state index is 12.4. The average Bonchev–Trinajstić information content (AvgIpc) is 2.60. The summed E-state index contributed by atoms with van der Waals surface area (Å²) < 4.78 is 0. The van der Waals surface area contributed by atoms with Gasteiger partial charge in [0.15, 0.2) is 0 Å². The van der Waals surface area contributed by atoms with Crippen LogP contribution in [0.3, 0.4) is 0 Å². The molecule has 25 heavy (non-hydrogen) atoms. The van der Waals surface area contributed by atoms with Crippen LogP contribution in [0.25, 0.3) is 0 Å². The van der Waals surface area contributed by atoms with Crippen molar-refractivity contribution in [2.45, 2.75) is 0 Å². The summed E-state index contributed by atoms with van der Waals surface area (Å²) in [4.78, 5) is 20.6. The van der Waals surface area contributed by atoms with Crippen molar-refractivity contribution in [3.63, 3.8) is 0 Å². The van der Waals surface area contributed by atoms with Gasteiger partial charge in [0.1, 0.15) is 5.69 Å². The van der Waals surface area contributed by atoms with E-state index in [9.17, 15) is 4.79 Å². The Hall–Kier alpha value is -2.34. The Morgan fingerprint density at radius 2 is 1.72 bits per heavy atom. The van der Waals surface area contributed by atoms with E-state index >= 15 is 0 Å². The maximum Gasteiger partial charge on any atom is 0.274 e. The highest BCUT2D eigenvalue weighted by atomic mass is 35.5. The molecule has 1 amide bonds. The Morgan fingerprint density at radius 1 is 0.920 bits per heavy atom. The highest BCUT2D eigenvalue weighted by Gasteiger charge is 2.11. The second kappa shape index (κ2) is 7.70. The fraction of sp³-hybridized carbons (Fsp3) is 0. The van der Waals surface area contributed by atoms with E-state index in [4.69, 9.17) is 34.8 Å². The lowest BCUT2D eigenvalue weighted by atomic mass is 10.3. The largest absolute Gasteiger partial charge is 0.323 e. The van der Waals surface area contributed by atoms with Gasteiger partial charge in [-0.25, -0.2) is 9.97 Å². The van der Waals surface area contributed by atoms with Gasteiger partial charge >= 0.3 is 0 Å². The van der Waals surface area contributed by atoms with Crippen molar-refractivity contribution in [2.24, 2.45) is 0 Å². The Balaban J connectivity index is 1.77. The quantitative estimate of drug-likeness (QED) is 0.620. The van der Waals surface area contributed by atoms with Gasteiger partial charge in [-0.2, -0.15) is 0 Å². The first-order valence-corrected chi connectivity index (χ1v) is 8.27. The Kier molecular flexibility index (Phi) is 5.38. The summed E-state index contributed by atoms with van der Waals surface area (Å²) in [7, 11) is 0. The molecule has 0 aliphatic rings. The third-order valence-corrected chi connectivity index (χ3v) is 4.25. The SMILES string of the molecule is O=C(Nc1ccc(Cl)c(Cl)c1)c1ccnc(Nc2ccccc2Cl)n1. The fourth-order valence-electron chi connectivity index (χ4n) is 2.00. The van der Waals surface area contributed by atoms with Crippen LogP contribution in [-0.4, -0.2) is 15.9 Å². The molecular weight excluding hydrogens is 383 g/mol. The van der Waals surface area contributed by atoms with Crippen molar-refractivity contribution < 1.29 is 4.79 Å². The summed E-state index contributed by atoms with van der Waals surface area (Å²) in [5.74, 6) is -0.141. The minimum atomic E-state index is -0.400. The van der Waals surface area contributed by atoms with Crippen LogP contribution in [0.4, 0.5) is 17.3 Å². The van der Waals surface area contributed by atoms with Crippen molar-refractivity contribution >= 4 is 58.0 Å². The second-order valence-corrected chi connectivity index (χ2v) is 6.17. The number of nitrogens with zero attached hydrogens (tertiary/aromatic N) is 2. The number of hydrogen-bond donors (Lipinski definition) is 2. The van der Waals surface area contributed by atoms with Crippen molar-refractivity contribution in [1.82, 2.24) is 9.97 Å². The molecule has 0 unspecified atom stereocenters. The molecule has 5 nitrogen and oxygen atoms in total. The summed E-state index contributed by atoms with van der Waals surface area (Å²) in [6, 6.07) is 13.5. The minimum Gasteiger partial charge on any atom is -0.323 e. The first-order chi connectivity index (χ1) is 12.0. The van der Waals surface area contributed by atoms with E-state index in [1.807, 2.05) is 12.1 Å². The molecule has 1 heterocycles. The van der Waals surface area contributed by atoms with Gasteiger partial charge in [0.25, 0.3) is 5.91 Å². The molecule has 0 spiro atoms. The average molecular weight is 394 g/mol. The van der Waals surface area contributed by atoms with E-state index in [2.05, 4.69) is 20.6 Å². The number of carbonyl (C=O) groups excluding carboxylic acids is 1. The van der Waals surface area contributed by atoms with Gasteiger partial charge < -0.3 is 10.6 Å². The molecule has 126 valence electrons. The van der Waals surface area contributed by atoms with E-state index < -0.39 is 5.91 Å². The monoisotopic (exact) mass is 392 g/mol. The van der Waals surface area contributed by atoms with Crippen LogP contribution >= 0.6 is 34.8 Å². The minimum absolute atomic E-state index is 0.190. The molecule has 0 saturated carbocycles. The maximum atomic E-state index is 12.4. The summed E-state index contributed by atoms with van der Waals surface area (Å²) in [6.07, 6.45) is 1.48. The summed E-state index contributed by atoms with van der Waals surface area (Å²) in [5.41, 5.74) is 1.35. The van der Waals surface area contributed by atoms with Gasteiger partial charge in [-0.05, 0) is 36.4 Å². The molecule has 0 aliphatic heterocycles. The van der Waals surface area contributed by atoms with Crippen LogP contribution in [-0.2, 0) is 0 Å². The molecule has 8 heteroatoms. The van der Waals surface area contributed by atoms with Crippen LogP contribution in [0.5, 0.6) is 0 Å². The third-order valence-electron chi connectivity index (χ3n) is 3.19. The molecule has 2 N–H and O–H groups in total. The predicted octanol–water partition coefficient (Wildman–Crippen LogP) is 5.43. The molecular formula is C17H11Cl3N4O. The van der Waals surface area contributed by atoms with E-state index in [1.165, 1.54) is 12.3 Å². The topological polar surface area (TPSA) is 66.9 Å². The normalized spacial score (nSPS) is 10.4. The van der Waals surface area contributed by atoms with Gasteiger partial charge in [-0.3, -0.25) is 4.79 Å². The van der Waals surface area contributed by atoms with Crippen LogP contribution in [0, 0.1) is 0 Å². The van der Waals surface area contributed by atoms with E-state index in [0.717, 1.165) is 0 Å². The molecule has 2 aromatic carbocycles. The zero-order valence-electron chi connectivity index (χ0n) is 12.6. The van der Waals surface area contributed by atoms with Gasteiger partial charge in [0, 0.05) is 11.9 Å². The second-order valence-electron chi connectivity index (χ2n) is 4.95.